The monoisotopic (exact) mass is 362 g/mol. The van der Waals surface area contributed by atoms with E-state index >= 15 is 0 Å². The molecule has 3 rings (SSSR count). The average molecular weight is 363 g/mol. The Kier molecular flexibility index (Phi) is 5.55. The third-order valence-electron chi connectivity index (χ3n) is 3.06. The summed E-state index contributed by atoms with van der Waals surface area (Å²) < 4.78 is 5.51. The number of carbonyl (C=O) groups excluding carboxylic acids is 1. The van der Waals surface area contributed by atoms with Gasteiger partial charge in [-0.2, -0.15) is 0 Å². The molecular formula is C16H15ClN4O2S. The number of carbonyl (C=O) groups is 1. The minimum Gasteiger partial charge on any atom is -0.492 e. The first-order valence-corrected chi connectivity index (χ1v) is 8.66. The van der Waals surface area contributed by atoms with E-state index in [2.05, 4.69) is 20.3 Å². The van der Waals surface area contributed by atoms with E-state index in [4.69, 9.17) is 16.3 Å². The fourth-order valence-electron chi connectivity index (χ4n) is 1.98. The van der Waals surface area contributed by atoms with Crippen molar-refractivity contribution in [3.8, 4) is 5.75 Å². The molecule has 0 bridgehead atoms. The normalized spacial score (nSPS) is 10.7. The molecule has 0 atom stereocenters. The zero-order chi connectivity index (χ0) is 16.8. The SMILES string of the molecule is O=C(CSc1nc2ncc(Cl)cc2[nH]1)NCCOc1ccccc1. The largest absolute Gasteiger partial charge is 0.492 e. The van der Waals surface area contributed by atoms with E-state index < -0.39 is 0 Å². The number of nitrogens with one attached hydrogen (secondary N) is 2. The fourth-order valence-corrected chi connectivity index (χ4v) is 2.84. The van der Waals surface area contributed by atoms with Crippen LogP contribution in [0.4, 0.5) is 0 Å². The number of hydrogen-bond acceptors (Lipinski definition) is 5. The van der Waals surface area contributed by atoms with Crippen molar-refractivity contribution in [3.63, 3.8) is 0 Å². The Labute approximate surface area is 148 Å². The third kappa shape index (κ3) is 4.62. The summed E-state index contributed by atoms with van der Waals surface area (Å²) in [6.07, 6.45) is 1.54. The zero-order valence-corrected chi connectivity index (χ0v) is 14.2. The molecule has 2 heterocycles. The van der Waals surface area contributed by atoms with E-state index in [1.165, 1.54) is 11.8 Å². The molecule has 6 nitrogen and oxygen atoms in total. The number of aromatic nitrogens is 3. The van der Waals surface area contributed by atoms with Crippen molar-refractivity contribution in [1.29, 1.82) is 0 Å². The quantitative estimate of drug-likeness (QED) is 0.499. The van der Waals surface area contributed by atoms with E-state index in [-0.39, 0.29) is 11.7 Å². The van der Waals surface area contributed by atoms with Crippen LogP contribution in [0.25, 0.3) is 11.2 Å². The van der Waals surface area contributed by atoms with Crippen LogP contribution >= 0.6 is 23.4 Å². The maximum atomic E-state index is 11.8. The minimum atomic E-state index is -0.0805. The number of halogens is 1. The number of benzene rings is 1. The number of pyridine rings is 1. The average Bonchev–Trinajstić information content (AvgIpc) is 3.00. The second-order valence-electron chi connectivity index (χ2n) is 4.87. The molecule has 0 radical (unpaired) electrons. The number of ether oxygens (including phenoxy) is 1. The Balaban J connectivity index is 1.40. The molecule has 2 N–H and O–H groups in total. The first kappa shape index (κ1) is 16.6. The second-order valence-corrected chi connectivity index (χ2v) is 6.27. The predicted octanol–water partition coefficient (Wildman–Crippen LogP) is 2.90. The predicted molar refractivity (Wildman–Crippen MR) is 94.6 cm³/mol. The van der Waals surface area contributed by atoms with E-state index in [0.717, 1.165) is 11.3 Å². The number of thioether (sulfide) groups is 1. The van der Waals surface area contributed by atoms with Crippen LogP contribution in [0.5, 0.6) is 5.75 Å². The lowest BCUT2D eigenvalue weighted by Crippen LogP contribution is -2.29. The van der Waals surface area contributed by atoms with Gasteiger partial charge in [0.05, 0.1) is 22.8 Å². The molecule has 2 aromatic heterocycles. The van der Waals surface area contributed by atoms with Gasteiger partial charge < -0.3 is 15.0 Å². The molecule has 3 aromatic rings. The topological polar surface area (TPSA) is 79.9 Å². The standard InChI is InChI=1S/C16H15ClN4O2S/c17-11-8-13-15(19-9-11)21-16(20-13)24-10-14(22)18-6-7-23-12-4-2-1-3-5-12/h1-5,8-9H,6-7,10H2,(H,18,22)(H,19,20,21). The van der Waals surface area contributed by atoms with Crippen LogP contribution < -0.4 is 10.1 Å². The van der Waals surface area contributed by atoms with Gasteiger partial charge in [0, 0.05) is 6.20 Å². The number of aromatic amines is 1. The van der Waals surface area contributed by atoms with Gasteiger partial charge in [0.2, 0.25) is 5.91 Å². The zero-order valence-electron chi connectivity index (χ0n) is 12.7. The summed E-state index contributed by atoms with van der Waals surface area (Å²) in [5.41, 5.74) is 1.33. The highest BCUT2D eigenvalue weighted by Crippen LogP contribution is 2.20. The van der Waals surface area contributed by atoms with Crippen LogP contribution in [-0.2, 0) is 4.79 Å². The van der Waals surface area contributed by atoms with Crippen LogP contribution in [0.15, 0.2) is 47.8 Å². The molecule has 24 heavy (non-hydrogen) atoms. The van der Waals surface area contributed by atoms with Crippen molar-refractivity contribution in [3.05, 3.63) is 47.6 Å². The van der Waals surface area contributed by atoms with Crippen molar-refractivity contribution in [2.75, 3.05) is 18.9 Å². The van der Waals surface area contributed by atoms with E-state index in [9.17, 15) is 4.79 Å². The highest BCUT2D eigenvalue weighted by atomic mass is 35.5. The van der Waals surface area contributed by atoms with Gasteiger partial charge in [-0.3, -0.25) is 4.79 Å². The molecular weight excluding hydrogens is 348 g/mol. The highest BCUT2D eigenvalue weighted by Gasteiger charge is 2.08. The lowest BCUT2D eigenvalue weighted by Gasteiger charge is -2.07. The molecule has 0 aliphatic carbocycles. The van der Waals surface area contributed by atoms with E-state index in [0.29, 0.717) is 29.0 Å². The lowest BCUT2D eigenvalue weighted by molar-refractivity contribution is -0.118. The maximum Gasteiger partial charge on any atom is 0.230 e. The number of rotatable bonds is 7. The number of para-hydroxylation sites is 1. The molecule has 8 heteroatoms. The fraction of sp³-hybridized carbons (Fsp3) is 0.188. The number of imidazole rings is 1. The Morgan fingerprint density at radius 3 is 3.00 bits per heavy atom. The van der Waals surface area contributed by atoms with E-state index in [1.54, 1.807) is 12.3 Å². The van der Waals surface area contributed by atoms with Crippen molar-refractivity contribution < 1.29 is 9.53 Å². The van der Waals surface area contributed by atoms with Crippen molar-refractivity contribution in [2.45, 2.75) is 5.16 Å². The minimum absolute atomic E-state index is 0.0805. The Bertz CT molecular complexity index is 825. The van der Waals surface area contributed by atoms with Gasteiger partial charge >= 0.3 is 0 Å². The number of amides is 1. The highest BCUT2D eigenvalue weighted by molar-refractivity contribution is 7.99. The first-order chi connectivity index (χ1) is 11.7. The number of nitrogens with zero attached hydrogens (tertiary/aromatic N) is 2. The first-order valence-electron chi connectivity index (χ1n) is 7.29. The van der Waals surface area contributed by atoms with Crippen molar-refractivity contribution >= 4 is 40.4 Å². The summed E-state index contributed by atoms with van der Waals surface area (Å²) in [5, 5.41) is 3.98. The van der Waals surface area contributed by atoms with Crippen LogP contribution in [0.2, 0.25) is 5.02 Å². The van der Waals surface area contributed by atoms with E-state index in [1.807, 2.05) is 30.3 Å². The second kappa shape index (κ2) is 8.03. The summed E-state index contributed by atoms with van der Waals surface area (Å²) in [6, 6.07) is 11.2. The molecule has 1 amide bonds. The lowest BCUT2D eigenvalue weighted by atomic mass is 10.3. The van der Waals surface area contributed by atoms with Crippen LogP contribution in [-0.4, -0.2) is 39.8 Å². The molecule has 0 unspecified atom stereocenters. The van der Waals surface area contributed by atoms with Crippen molar-refractivity contribution in [1.82, 2.24) is 20.3 Å². The van der Waals surface area contributed by atoms with Gasteiger partial charge in [0.15, 0.2) is 10.8 Å². The molecule has 0 saturated heterocycles. The number of hydrogen-bond donors (Lipinski definition) is 2. The Hall–Kier alpha value is -2.25. The molecule has 1 aromatic carbocycles. The Morgan fingerprint density at radius 2 is 2.17 bits per heavy atom. The molecule has 0 fully saturated rings. The third-order valence-corrected chi connectivity index (χ3v) is 4.14. The molecule has 0 saturated carbocycles. The maximum absolute atomic E-state index is 11.8. The summed E-state index contributed by atoms with van der Waals surface area (Å²) in [5.74, 6) is 0.969. The van der Waals surface area contributed by atoms with Gasteiger partial charge in [-0.15, -0.1) is 0 Å². The number of fused-ring (bicyclic) bond motifs is 1. The van der Waals surface area contributed by atoms with Gasteiger partial charge in [-0.1, -0.05) is 41.6 Å². The molecule has 0 aliphatic rings. The van der Waals surface area contributed by atoms with Gasteiger partial charge in [-0.25, -0.2) is 9.97 Å². The Morgan fingerprint density at radius 1 is 1.33 bits per heavy atom. The summed E-state index contributed by atoms with van der Waals surface area (Å²) in [4.78, 5) is 23.3. The smallest absolute Gasteiger partial charge is 0.230 e. The molecule has 0 aliphatic heterocycles. The van der Waals surface area contributed by atoms with Crippen LogP contribution in [0.1, 0.15) is 0 Å². The van der Waals surface area contributed by atoms with Gasteiger partial charge in [0.1, 0.15) is 12.4 Å². The van der Waals surface area contributed by atoms with Crippen LogP contribution in [0.3, 0.4) is 0 Å². The summed E-state index contributed by atoms with van der Waals surface area (Å²) in [6.45, 7) is 0.874. The molecule has 124 valence electrons. The summed E-state index contributed by atoms with van der Waals surface area (Å²) in [7, 11) is 0. The van der Waals surface area contributed by atoms with Gasteiger partial charge in [0.25, 0.3) is 0 Å². The number of H-pyrrole nitrogens is 1. The van der Waals surface area contributed by atoms with Gasteiger partial charge in [-0.05, 0) is 18.2 Å². The van der Waals surface area contributed by atoms with Crippen LogP contribution in [0, 0.1) is 0 Å². The summed E-state index contributed by atoms with van der Waals surface area (Å²) >= 11 is 7.19. The molecule has 0 spiro atoms. The van der Waals surface area contributed by atoms with Crippen molar-refractivity contribution in [2.24, 2.45) is 0 Å².